The Kier molecular flexibility index (Phi) is 9.61. The van der Waals surface area contributed by atoms with Crippen molar-refractivity contribution >= 4 is 35.1 Å². The van der Waals surface area contributed by atoms with E-state index in [0.29, 0.717) is 0 Å². The maximum atomic E-state index is 10.6. The van der Waals surface area contributed by atoms with Gasteiger partial charge in [-0.15, -0.1) is 0 Å². The summed E-state index contributed by atoms with van der Waals surface area (Å²) in [5.74, 6) is -2.38. The summed E-state index contributed by atoms with van der Waals surface area (Å²) in [6.07, 6.45) is 0. The first-order valence-corrected chi connectivity index (χ1v) is 3.72. The topological polar surface area (TPSA) is 93.0 Å². The van der Waals surface area contributed by atoms with Crippen LogP contribution in [0.1, 0.15) is 0 Å². The number of carbonyl (C=O) groups is 1. The fourth-order valence-corrected chi connectivity index (χ4v) is 0.497. The van der Waals surface area contributed by atoms with E-state index in [1.807, 2.05) is 0 Å². The van der Waals surface area contributed by atoms with Crippen molar-refractivity contribution in [1.82, 2.24) is 0 Å². The Bertz CT molecular complexity index is 199. The molecule has 5 nitrogen and oxygen atoms in total. The smallest absolute Gasteiger partial charge is 0.860 e. The van der Waals surface area contributed by atoms with Gasteiger partial charge in [0.15, 0.2) is 6.04 Å². The number of alkyl halides is 2. The van der Waals surface area contributed by atoms with Crippen molar-refractivity contribution in [3.8, 4) is 0 Å². The molecule has 0 aliphatic rings. The first-order chi connectivity index (χ1) is 5.49. The second-order valence-corrected chi connectivity index (χ2v) is 2.90. The van der Waals surface area contributed by atoms with Gasteiger partial charge in [-0.25, -0.2) is 4.79 Å². The summed E-state index contributed by atoms with van der Waals surface area (Å²) in [6.45, 7) is -0.762. The zero-order chi connectivity index (χ0) is 9.72. The van der Waals surface area contributed by atoms with Crippen molar-refractivity contribution < 1.29 is 49.7 Å². The van der Waals surface area contributed by atoms with Crippen molar-refractivity contribution in [2.24, 2.45) is 4.99 Å². The minimum absolute atomic E-state index is 0. The Labute approximate surface area is 107 Å². The fourth-order valence-electron chi connectivity index (χ4n) is 0.384. The van der Waals surface area contributed by atoms with Gasteiger partial charge in [0.2, 0.25) is 0 Å². The minimum Gasteiger partial charge on any atom is -0.860 e. The molecule has 0 aromatic heterocycles. The third-order valence-electron chi connectivity index (χ3n) is 0.928. The summed E-state index contributed by atoms with van der Waals surface area (Å²) >= 11 is 10.2. The summed E-state index contributed by atoms with van der Waals surface area (Å²) in [4.78, 5) is 11.8. The van der Waals surface area contributed by atoms with Gasteiger partial charge in [-0.1, -0.05) is 23.2 Å². The van der Waals surface area contributed by atoms with Gasteiger partial charge in [0.1, 0.15) is 4.84 Å². The predicted molar refractivity (Wildman–Crippen MR) is 41.4 cm³/mol. The average Bonchev–Trinajstić information content (AvgIpc) is 1.98. The van der Waals surface area contributed by atoms with E-state index in [-0.39, 0.29) is 29.6 Å². The van der Waals surface area contributed by atoms with Crippen molar-refractivity contribution in [1.29, 1.82) is 0 Å². The third-order valence-corrected chi connectivity index (χ3v) is 1.30. The van der Waals surface area contributed by atoms with E-state index < -0.39 is 29.4 Å². The van der Waals surface area contributed by atoms with Crippen LogP contribution in [0.3, 0.4) is 0 Å². The van der Waals surface area contributed by atoms with Gasteiger partial charge >= 0.3 is 35.5 Å². The quantitative estimate of drug-likeness (QED) is 0.226. The molecule has 0 aromatic carbocycles. The monoisotopic (exact) mass is 237 g/mol. The van der Waals surface area contributed by atoms with Crippen LogP contribution < -0.4 is 34.7 Å². The molecule has 0 amide bonds. The van der Waals surface area contributed by atoms with E-state index >= 15 is 0 Å². The number of nitrogens with zero attached hydrogens (tertiary/aromatic N) is 1. The van der Waals surface area contributed by atoms with Gasteiger partial charge in [0, 0.05) is 0 Å². The Morgan fingerprint density at radius 3 is 2.23 bits per heavy atom. The molecule has 0 aromatic rings. The van der Waals surface area contributed by atoms with Crippen molar-refractivity contribution in [3.05, 3.63) is 0 Å². The molecule has 0 saturated carbocycles. The van der Waals surface area contributed by atoms with Crippen LogP contribution in [0, 0.1) is 0 Å². The molecule has 1 atom stereocenters. The molecule has 0 aliphatic heterocycles. The van der Waals surface area contributed by atoms with Gasteiger partial charge in [-0.2, -0.15) is 0 Å². The Balaban J connectivity index is 0. The molecule has 13 heavy (non-hydrogen) atoms. The molecule has 70 valence electrons. The standard InChI is InChI=1S/C5H7Cl2NO4.Na/c6-3(7)4(10)8-2(1-9)5(11)12;/h2-3,9H,1H2,(H,8,10)(H,11,12);/q;+1/p-1. The van der Waals surface area contributed by atoms with E-state index in [0.717, 1.165) is 0 Å². The van der Waals surface area contributed by atoms with Crippen molar-refractivity contribution in [3.63, 3.8) is 0 Å². The number of carboxylic acids is 1. The van der Waals surface area contributed by atoms with Gasteiger partial charge in [-0.05, 0) is 5.90 Å². The number of aliphatic hydroxyl groups is 1. The molecule has 8 heteroatoms. The van der Waals surface area contributed by atoms with Crippen LogP contribution in [0.2, 0.25) is 0 Å². The van der Waals surface area contributed by atoms with Gasteiger partial charge in [0.25, 0.3) is 0 Å². The number of aliphatic hydroxyl groups excluding tert-OH is 1. The number of halogens is 2. The summed E-state index contributed by atoms with van der Waals surface area (Å²) < 4.78 is 0. The molecule has 0 aliphatic carbocycles. The molecular weight excluding hydrogens is 232 g/mol. The average molecular weight is 238 g/mol. The Morgan fingerprint density at radius 1 is 1.54 bits per heavy atom. The molecule has 1 unspecified atom stereocenters. The number of aliphatic carboxylic acids is 1. The second kappa shape index (κ2) is 7.84. The van der Waals surface area contributed by atoms with Gasteiger partial charge < -0.3 is 15.3 Å². The molecule has 0 rings (SSSR count). The molecule has 2 N–H and O–H groups in total. The Morgan fingerprint density at radius 2 is 2.00 bits per heavy atom. The minimum atomic E-state index is -1.49. The second-order valence-electron chi connectivity index (χ2n) is 1.80. The van der Waals surface area contributed by atoms with Gasteiger partial charge in [0.05, 0.1) is 6.61 Å². The molecule has 0 radical (unpaired) electrons. The summed E-state index contributed by atoms with van der Waals surface area (Å²) in [5.41, 5.74) is 0. The van der Waals surface area contributed by atoms with E-state index in [1.54, 1.807) is 0 Å². The van der Waals surface area contributed by atoms with E-state index in [4.69, 9.17) is 33.4 Å². The zero-order valence-corrected chi connectivity index (χ0v) is 10.3. The van der Waals surface area contributed by atoms with Crippen LogP contribution in [0.25, 0.3) is 0 Å². The SMILES string of the molecule is O=C(O)C(CO)N=C([O-])C(Cl)Cl.[Na+]. The zero-order valence-electron chi connectivity index (χ0n) is 6.78. The van der Waals surface area contributed by atoms with Crippen LogP contribution >= 0.6 is 23.2 Å². The van der Waals surface area contributed by atoms with E-state index in [2.05, 4.69) is 4.99 Å². The molecule has 0 fully saturated rings. The first-order valence-electron chi connectivity index (χ1n) is 2.85. The summed E-state index contributed by atoms with van der Waals surface area (Å²) in [5, 5.41) is 27.3. The predicted octanol–water partition coefficient (Wildman–Crippen LogP) is -4.00. The van der Waals surface area contributed by atoms with Crippen LogP contribution in [-0.4, -0.2) is 39.6 Å². The fraction of sp³-hybridized carbons (Fsp3) is 0.600. The van der Waals surface area contributed by atoms with Crippen molar-refractivity contribution in [2.45, 2.75) is 10.9 Å². The summed E-state index contributed by atoms with van der Waals surface area (Å²) in [6, 6.07) is -1.49. The van der Waals surface area contributed by atoms with Gasteiger partial charge in [-0.3, -0.25) is 4.99 Å². The third kappa shape index (κ3) is 6.54. The number of carboxylic acid groups (broad SMARTS) is 1. The first kappa shape index (κ1) is 15.9. The molecule has 0 bridgehead atoms. The van der Waals surface area contributed by atoms with Crippen molar-refractivity contribution in [2.75, 3.05) is 6.61 Å². The molecule has 0 heterocycles. The number of aliphatic imine (C=N–C) groups is 1. The molecule has 0 saturated heterocycles. The Hall–Kier alpha value is 0.480. The van der Waals surface area contributed by atoms with Crippen LogP contribution in [0.4, 0.5) is 0 Å². The largest absolute Gasteiger partial charge is 1.00 e. The number of hydrogen-bond acceptors (Lipinski definition) is 4. The maximum Gasteiger partial charge on any atom is 1.00 e. The molecular formula is C5H6Cl2NNaO4. The maximum absolute atomic E-state index is 10.6. The van der Waals surface area contributed by atoms with E-state index in [1.165, 1.54) is 0 Å². The summed E-state index contributed by atoms with van der Waals surface area (Å²) in [7, 11) is 0. The van der Waals surface area contributed by atoms with E-state index in [9.17, 15) is 9.90 Å². The number of rotatable bonds is 4. The van der Waals surface area contributed by atoms with Crippen LogP contribution in [0.5, 0.6) is 0 Å². The number of hydrogen-bond donors (Lipinski definition) is 2. The molecule has 0 spiro atoms. The normalized spacial score (nSPS) is 13.7. The van der Waals surface area contributed by atoms with Crippen LogP contribution in [0.15, 0.2) is 4.99 Å². The van der Waals surface area contributed by atoms with Crippen LogP contribution in [-0.2, 0) is 4.79 Å².